The fraction of sp³-hybridized carbons (Fsp3) is 1.00. The molecule has 15 heavy (non-hydrogen) atoms. The van der Waals surface area contributed by atoms with E-state index in [0.717, 1.165) is 0 Å². The Morgan fingerprint density at radius 1 is 1.27 bits per heavy atom. The highest BCUT2D eigenvalue weighted by molar-refractivity contribution is 4.83. The predicted molar refractivity (Wildman–Crippen MR) is 40.7 cm³/mol. The summed E-state index contributed by atoms with van der Waals surface area (Å²) in [7, 11) is 0. The Bertz CT molecular complexity index is 227. The van der Waals surface area contributed by atoms with E-state index in [4.69, 9.17) is 4.74 Å². The van der Waals surface area contributed by atoms with Gasteiger partial charge < -0.3 is 9.47 Å². The molecule has 0 aromatic heterocycles. The molecule has 1 aliphatic rings. The zero-order valence-electron chi connectivity index (χ0n) is 8.03. The lowest BCUT2D eigenvalue weighted by Gasteiger charge is -2.39. The van der Waals surface area contributed by atoms with Crippen molar-refractivity contribution in [3.63, 3.8) is 0 Å². The van der Waals surface area contributed by atoms with Crippen LogP contribution in [-0.2, 0) is 9.47 Å². The predicted octanol–water partition coefficient (Wildman–Crippen LogP) is 2.24. The van der Waals surface area contributed by atoms with E-state index in [2.05, 4.69) is 4.74 Å². The Balaban J connectivity index is 2.49. The highest BCUT2D eigenvalue weighted by Gasteiger charge is 2.59. The fourth-order valence-electron chi connectivity index (χ4n) is 0.982. The Kier molecular flexibility index (Phi) is 3.25. The molecule has 1 rings (SSSR count). The van der Waals surface area contributed by atoms with Crippen LogP contribution in [0.2, 0.25) is 0 Å². The van der Waals surface area contributed by atoms with Crippen LogP contribution in [0.25, 0.3) is 0 Å². The van der Waals surface area contributed by atoms with E-state index < -0.39 is 30.7 Å². The molecule has 0 spiro atoms. The van der Waals surface area contributed by atoms with Gasteiger partial charge in [0.1, 0.15) is 0 Å². The minimum absolute atomic E-state index is 0.171. The van der Waals surface area contributed by atoms with Crippen molar-refractivity contribution in [2.24, 2.45) is 5.41 Å². The van der Waals surface area contributed by atoms with Crippen molar-refractivity contribution < 1.29 is 31.4 Å². The molecule has 1 heterocycles. The van der Waals surface area contributed by atoms with Gasteiger partial charge in [-0.15, -0.1) is 0 Å². The summed E-state index contributed by atoms with van der Waals surface area (Å²) in [6.45, 7) is -1.14. The van der Waals surface area contributed by atoms with Crippen LogP contribution in [0.15, 0.2) is 0 Å². The summed E-state index contributed by atoms with van der Waals surface area (Å²) >= 11 is 0. The Morgan fingerprint density at radius 2 is 1.80 bits per heavy atom. The number of alkyl halides is 5. The van der Waals surface area contributed by atoms with Crippen molar-refractivity contribution in [3.8, 4) is 0 Å². The van der Waals surface area contributed by atoms with Crippen LogP contribution in [0.1, 0.15) is 6.92 Å². The van der Waals surface area contributed by atoms with E-state index in [9.17, 15) is 22.0 Å². The second-order valence-corrected chi connectivity index (χ2v) is 3.95. The summed E-state index contributed by atoms with van der Waals surface area (Å²) < 4.78 is 70.1. The van der Waals surface area contributed by atoms with Crippen molar-refractivity contribution in [1.29, 1.82) is 0 Å². The largest absolute Gasteiger partial charge is 0.422 e. The third-order valence-electron chi connectivity index (χ3n) is 2.10. The van der Waals surface area contributed by atoms with Crippen LogP contribution in [0.5, 0.6) is 0 Å². The molecule has 1 saturated heterocycles. The summed E-state index contributed by atoms with van der Waals surface area (Å²) in [5.74, 6) is -4.78. The van der Waals surface area contributed by atoms with Crippen molar-refractivity contribution in [1.82, 2.24) is 0 Å². The first-order valence-corrected chi connectivity index (χ1v) is 4.26. The van der Waals surface area contributed by atoms with Gasteiger partial charge in [-0.05, 0) is 0 Å². The zero-order chi connectivity index (χ0) is 11.7. The van der Waals surface area contributed by atoms with Crippen LogP contribution >= 0.6 is 0 Å². The van der Waals surface area contributed by atoms with Crippen molar-refractivity contribution in [3.05, 3.63) is 0 Å². The number of halogens is 5. The van der Waals surface area contributed by atoms with Gasteiger partial charge >= 0.3 is 12.0 Å². The molecule has 0 N–H and O–H groups in total. The first-order valence-electron chi connectivity index (χ1n) is 4.26. The smallest absolute Gasteiger partial charge is 0.380 e. The molecule has 0 unspecified atom stereocenters. The standard InChI is InChI=1S/C8H11F5O2/c1-6(3-14-4-6)5-15-8(12,13)7(10,11)2-9/h2-5H2,1H3. The van der Waals surface area contributed by atoms with Crippen molar-refractivity contribution in [2.45, 2.75) is 19.0 Å². The van der Waals surface area contributed by atoms with Gasteiger partial charge in [0, 0.05) is 5.41 Å². The first-order chi connectivity index (χ1) is 6.72. The van der Waals surface area contributed by atoms with E-state index in [1.807, 2.05) is 0 Å². The topological polar surface area (TPSA) is 18.5 Å². The van der Waals surface area contributed by atoms with Gasteiger partial charge in [-0.1, -0.05) is 6.92 Å². The monoisotopic (exact) mass is 234 g/mol. The maximum Gasteiger partial charge on any atom is 0.422 e. The summed E-state index contributed by atoms with van der Waals surface area (Å²) in [5, 5.41) is 0. The van der Waals surface area contributed by atoms with Crippen molar-refractivity contribution in [2.75, 3.05) is 26.5 Å². The van der Waals surface area contributed by atoms with E-state index >= 15 is 0 Å². The summed E-state index contributed by atoms with van der Waals surface area (Å²) in [5.41, 5.74) is -0.685. The quantitative estimate of drug-likeness (QED) is 0.679. The normalized spacial score (nSPS) is 21.2. The highest BCUT2D eigenvalue weighted by atomic mass is 19.3. The maximum absolute atomic E-state index is 12.6. The Labute approximate surface area is 83.3 Å². The second kappa shape index (κ2) is 3.86. The average Bonchev–Trinajstić information content (AvgIpc) is 2.11. The number of rotatable bonds is 5. The summed E-state index contributed by atoms with van der Waals surface area (Å²) in [4.78, 5) is 0. The molecule has 0 radical (unpaired) electrons. The number of ether oxygens (including phenoxy) is 2. The molecule has 0 amide bonds. The zero-order valence-corrected chi connectivity index (χ0v) is 8.03. The molecule has 0 atom stereocenters. The first kappa shape index (κ1) is 12.6. The maximum atomic E-state index is 12.6. The van der Waals surface area contributed by atoms with Crippen molar-refractivity contribution >= 4 is 0 Å². The van der Waals surface area contributed by atoms with Gasteiger partial charge in [-0.3, -0.25) is 0 Å². The molecule has 2 nitrogen and oxygen atoms in total. The fourth-order valence-corrected chi connectivity index (χ4v) is 0.982. The van der Waals surface area contributed by atoms with Crippen LogP contribution < -0.4 is 0 Å². The van der Waals surface area contributed by atoms with Gasteiger partial charge in [0.15, 0.2) is 6.67 Å². The lowest BCUT2D eigenvalue weighted by molar-refractivity contribution is -0.362. The van der Waals surface area contributed by atoms with Gasteiger partial charge in [-0.2, -0.15) is 17.6 Å². The summed E-state index contributed by atoms with van der Waals surface area (Å²) in [6.07, 6.45) is -4.78. The average molecular weight is 234 g/mol. The minimum Gasteiger partial charge on any atom is -0.380 e. The third kappa shape index (κ3) is 2.57. The van der Waals surface area contributed by atoms with Gasteiger partial charge in [0.25, 0.3) is 0 Å². The van der Waals surface area contributed by atoms with Crippen LogP contribution in [0.4, 0.5) is 22.0 Å². The van der Waals surface area contributed by atoms with E-state index in [-0.39, 0.29) is 13.2 Å². The van der Waals surface area contributed by atoms with Gasteiger partial charge in [-0.25, -0.2) is 4.39 Å². The van der Waals surface area contributed by atoms with Crippen LogP contribution in [0.3, 0.4) is 0 Å². The molecule has 0 aromatic carbocycles. The van der Waals surface area contributed by atoms with Gasteiger partial charge in [0.05, 0.1) is 19.8 Å². The molecule has 7 heteroatoms. The molecule has 0 saturated carbocycles. The number of hydrogen-bond acceptors (Lipinski definition) is 2. The lowest BCUT2D eigenvalue weighted by Crippen LogP contribution is -2.50. The molecule has 0 bridgehead atoms. The molecule has 0 aromatic rings. The SMILES string of the molecule is CC1(COC(F)(F)C(F)(F)CF)COC1. The van der Waals surface area contributed by atoms with E-state index in [1.54, 1.807) is 6.92 Å². The minimum atomic E-state index is -4.78. The molecule has 1 aliphatic heterocycles. The third-order valence-corrected chi connectivity index (χ3v) is 2.10. The lowest BCUT2D eigenvalue weighted by atomic mass is 9.90. The molecular formula is C8H11F5O2. The Morgan fingerprint density at radius 3 is 2.13 bits per heavy atom. The molecule has 1 fully saturated rings. The Hall–Kier alpha value is -0.430. The molecule has 90 valence electrons. The second-order valence-electron chi connectivity index (χ2n) is 3.95. The molecular weight excluding hydrogens is 223 g/mol. The van der Waals surface area contributed by atoms with E-state index in [1.165, 1.54) is 0 Å². The molecule has 0 aliphatic carbocycles. The highest BCUT2D eigenvalue weighted by Crippen LogP contribution is 2.38. The van der Waals surface area contributed by atoms with E-state index in [0.29, 0.717) is 0 Å². The summed E-state index contributed by atoms with van der Waals surface area (Å²) in [6, 6.07) is 0. The van der Waals surface area contributed by atoms with Crippen LogP contribution in [0, 0.1) is 5.41 Å². The van der Waals surface area contributed by atoms with Gasteiger partial charge in [0.2, 0.25) is 0 Å². The number of hydrogen-bond donors (Lipinski definition) is 0. The van der Waals surface area contributed by atoms with Crippen LogP contribution in [-0.4, -0.2) is 38.5 Å².